The first kappa shape index (κ1) is 17.3. The highest BCUT2D eigenvalue weighted by Gasteiger charge is 2.28. The van der Waals surface area contributed by atoms with E-state index in [0.29, 0.717) is 48.7 Å². The maximum absolute atomic E-state index is 13.0. The van der Waals surface area contributed by atoms with Gasteiger partial charge < -0.3 is 19.7 Å². The van der Waals surface area contributed by atoms with Crippen LogP contribution in [-0.4, -0.2) is 36.6 Å². The second kappa shape index (κ2) is 7.26. The van der Waals surface area contributed by atoms with E-state index in [1.807, 2.05) is 0 Å². The molecule has 1 saturated heterocycles. The molecular weight excluding hydrogens is 351 g/mol. The number of nitrogens with one attached hydrogen (secondary N) is 1. The summed E-state index contributed by atoms with van der Waals surface area (Å²) in [6.07, 6.45) is 1.17. The minimum absolute atomic E-state index is 0.0669. The summed E-state index contributed by atoms with van der Waals surface area (Å²) in [6.45, 7) is 1.18. The molecule has 0 atom stereocenters. The Balaban J connectivity index is 1.32. The summed E-state index contributed by atoms with van der Waals surface area (Å²) < 4.78 is 23.6. The highest BCUT2D eigenvalue weighted by atomic mass is 19.1. The van der Waals surface area contributed by atoms with E-state index in [4.69, 9.17) is 9.47 Å². The Morgan fingerprint density at radius 2 is 1.70 bits per heavy atom. The number of ether oxygens (including phenoxy) is 2. The molecule has 0 unspecified atom stereocenters. The first-order valence-electron chi connectivity index (χ1n) is 8.85. The number of hydrogen-bond donors (Lipinski definition) is 1. The fourth-order valence-electron chi connectivity index (χ4n) is 3.34. The van der Waals surface area contributed by atoms with Gasteiger partial charge in [-0.2, -0.15) is 0 Å². The summed E-state index contributed by atoms with van der Waals surface area (Å²) in [4.78, 5) is 26.7. The number of halogens is 1. The molecule has 2 aromatic rings. The minimum Gasteiger partial charge on any atom is -0.454 e. The first-order chi connectivity index (χ1) is 13.1. The van der Waals surface area contributed by atoms with Crippen molar-refractivity contribution >= 4 is 17.5 Å². The zero-order valence-electron chi connectivity index (χ0n) is 14.6. The molecule has 1 N–H and O–H groups in total. The predicted molar refractivity (Wildman–Crippen MR) is 96.2 cm³/mol. The smallest absolute Gasteiger partial charge is 0.253 e. The molecule has 0 aliphatic carbocycles. The number of rotatable bonds is 3. The van der Waals surface area contributed by atoms with Crippen molar-refractivity contribution in [2.24, 2.45) is 5.92 Å². The molecule has 0 radical (unpaired) electrons. The van der Waals surface area contributed by atoms with Crippen molar-refractivity contribution < 1.29 is 23.5 Å². The topological polar surface area (TPSA) is 67.9 Å². The van der Waals surface area contributed by atoms with Crippen molar-refractivity contribution in [1.82, 2.24) is 4.90 Å². The number of benzene rings is 2. The van der Waals surface area contributed by atoms with Crippen LogP contribution < -0.4 is 14.8 Å². The number of carbonyl (C=O) groups is 2. The lowest BCUT2D eigenvalue weighted by atomic mass is 9.95. The van der Waals surface area contributed by atoms with Gasteiger partial charge in [0.15, 0.2) is 11.5 Å². The molecule has 2 aliphatic heterocycles. The Morgan fingerprint density at radius 1 is 1.00 bits per heavy atom. The van der Waals surface area contributed by atoms with Crippen molar-refractivity contribution in [3.8, 4) is 11.5 Å². The van der Waals surface area contributed by atoms with Crippen LogP contribution >= 0.6 is 0 Å². The Morgan fingerprint density at radius 3 is 2.44 bits per heavy atom. The number of anilines is 1. The number of fused-ring (bicyclic) bond motifs is 1. The monoisotopic (exact) mass is 370 g/mol. The minimum atomic E-state index is -0.370. The summed E-state index contributed by atoms with van der Waals surface area (Å²) in [5.41, 5.74) is 1.12. The molecule has 2 aliphatic rings. The van der Waals surface area contributed by atoms with Gasteiger partial charge in [-0.05, 0) is 49.2 Å². The summed E-state index contributed by atoms with van der Waals surface area (Å²) in [7, 11) is 0. The number of likely N-dealkylation sites (tertiary alicyclic amines) is 1. The summed E-state index contributed by atoms with van der Waals surface area (Å²) in [5, 5.41) is 2.90. The molecule has 0 saturated carbocycles. The summed E-state index contributed by atoms with van der Waals surface area (Å²) >= 11 is 0. The third-order valence-corrected chi connectivity index (χ3v) is 4.88. The highest BCUT2D eigenvalue weighted by molar-refractivity contribution is 5.95. The van der Waals surface area contributed by atoms with E-state index < -0.39 is 0 Å². The molecule has 2 amide bonds. The molecule has 27 heavy (non-hydrogen) atoms. The van der Waals surface area contributed by atoms with Crippen molar-refractivity contribution in [3.63, 3.8) is 0 Å². The van der Waals surface area contributed by atoms with Crippen LogP contribution in [-0.2, 0) is 4.79 Å². The number of piperidine rings is 1. The summed E-state index contributed by atoms with van der Waals surface area (Å²) in [6, 6.07) is 10.8. The number of carbonyl (C=O) groups excluding carboxylic acids is 2. The van der Waals surface area contributed by atoms with Crippen LogP contribution in [0.25, 0.3) is 0 Å². The van der Waals surface area contributed by atoms with Gasteiger partial charge in [-0.25, -0.2) is 4.39 Å². The van der Waals surface area contributed by atoms with Crippen molar-refractivity contribution in [2.75, 3.05) is 25.2 Å². The van der Waals surface area contributed by atoms with Gasteiger partial charge in [0.1, 0.15) is 5.82 Å². The SMILES string of the molecule is O=C(Nc1ccc2c(c1)OCO2)C1CCN(C(=O)c2ccc(F)cc2)CC1. The Kier molecular flexibility index (Phi) is 4.66. The predicted octanol–water partition coefficient (Wildman–Crippen LogP) is 3.05. The second-order valence-electron chi connectivity index (χ2n) is 6.63. The van der Waals surface area contributed by atoms with E-state index in [1.165, 1.54) is 24.3 Å². The molecule has 4 rings (SSSR count). The number of hydrogen-bond acceptors (Lipinski definition) is 4. The molecule has 0 spiro atoms. The Bertz CT molecular complexity index is 861. The van der Waals surface area contributed by atoms with Crippen LogP contribution in [0.4, 0.5) is 10.1 Å². The second-order valence-corrected chi connectivity index (χ2v) is 6.63. The van der Waals surface area contributed by atoms with Crippen LogP contribution in [0, 0.1) is 11.7 Å². The van der Waals surface area contributed by atoms with Crippen LogP contribution in [0.3, 0.4) is 0 Å². The standard InChI is InChI=1S/C20H19FN2O4/c21-15-3-1-14(2-4-15)20(25)23-9-7-13(8-10-23)19(24)22-16-5-6-17-18(11-16)27-12-26-17/h1-6,11,13H,7-10,12H2,(H,22,24). The molecule has 7 heteroatoms. The van der Waals surface area contributed by atoms with E-state index in [9.17, 15) is 14.0 Å². The molecule has 2 heterocycles. The summed E-state index contributed by atoms with van der Waals surface area (Å²) in [5.74, 6) is 0.554. The third-order valence-electron chi connectivity index (χ3n) is 4.88. The molecule has 2 aromatic carbocycles. The highest BCUT2D eigenvalue weighted by Crippen LogP contribution is 2.34. The van der Waals surface area contributed by atoms with Crippen molar-refractivity contribution in [2.45, 2.75) is 12.8 Å². The van der Waals surface area contributed by atoms with Gasteiger partial charge in [-0.3, -0.25) is 9.59 Å². The fourth-order valence-corrected chi connectivity index (χ4v) is 3.34. The number of nitrogens with zero attached hydrogens (tertiary/aromatic N) is 1. The van der Waals surface area contributed by atoms with Crippen molar-refractivity contribution in [1.29, 1.82) is 0 Å². The van der Waals surface area contributed by atoms with E-state index in [0.717, 1.165) is 0 Å². The Labute approximate surface area is 155 Å². The first-order valence-corrected chi connectivity index (χ1v) is 8.85. The average Bonchev–Trinajstić information content (AvgIpc) is 3.16. The number of amides is 2. The van der Waals surface area contributed by atoms with E-state index in [-0.39, 0.29) is 30.3 Å². The maximum Gasteiger partial charge on any atom is 0.253 e. The van der Waals surface area contributed by atoms with Crippen LogP contribution in [0.5, 0.6) is 11.5 Å². The lowest BCUT2D eigenvalue weighted by molar-refractivity contribution is -0.121. The van der Waals surface area contributed by atoms with Gasteiger partial charge in [-0.15, -0.1) is 0 Å². The zero-order chi connectivity index (χ0) is 18.8. The van der Waals surface area contributed by atoms with Gasteiger partial charge in [-0.1, -0.05) is 0 Å². The molecule has 1 fully saturated rings. The van der Waals surface area contributed by atoms with Crippen LogP contribution in [0.1, 0.15) is 23.2 Å². The van der Waals surface area contributed by atoms with E-state index in [2.05, 4.69) is 5.32 Å². The Hall–Kier alpha value is -3.09. The van der Waals surface area contributed by atoms with Crippen LogP contribution in [0.15, 0.2) is 42.5 Å². The molecule has 0 bridgehead atoms. The molecular formula is C20H19FN2O4. The third kappa shape index (κ3) is 3.72. The lowest BCUT2D eigenvalue weighted by Crippen LogP contribution is -2.41. The normalized spacial score (nSPS) is 16.3. The van der Waals surface area contributed by atoms with E-state index >= 15 is 0 Å². The largest absolute Gasteiger partial charge is 0.454 e. The van der Waals surface area contributed by atoms with Gasteiger partial charge in [0, 0.05) is 36.3 Å². The molecule has 6 nitrogen and oxygen atoms in total. The van der Waals surface area contributed by atoms with Gasteiger partial charge in [0.25, 0.3) is 5.91 Å². The lowest BCUT2D eigenvalue weighted by Gasteiger charge is -2.31. The molecule has 0 aromatic heterocycles. The van der Waals surface area contributed by atoms with Gasteiger partial charge in [0.05, 0.1) is 0 Å². The fraction of sp³-hybridized carbons (Fsp3) is 0.300. The van der Waals surface area contributed by atoms with Crippen molar-refractivity contribution in [3.05, 3.63) is 53.8 Å². The zero-order valence-corrected chi connectivity index (χ0v) is 14.6. The molecule has 140 valence electrons. The van der Waals surface area contributed by atoms with Gasteiger partial charge >= 0.3 is 0 Å². The average molecular weight is 370 g/mol. The van der Waals surface area contributed by atoms with E-state index in [1.54, 1.807) is 23.1 Å². The quantitative estimate of drug-likeness (QED) is 0.902. The van der Waals surface area contributed by atoms with Crippen LogP contribution in [0.2, 0.25) is 0 Å². The van der Waals surface area contributed by atoms with Gasteiger partial charge in [0.2, 0.25) is 12.7 Å². The maximum atomic E-state index is 13.0.